The Labute approximate surface area is 308 Å². The van der Waals surface area contributed by atoms with Gasteiger partial charge in [0.05, 0.1) is 12.8 Å². The molecule has 0 aliphatic rings. The Bertz CT molecular complexity index is 2160. The third kappa shape index (κ3) is 9.31. The minimum absolute atomic E-state index is 0.0631. The predicted octanol–water partition coefficient (Wildman–Crippen LogP) is 9.35. The lowest BCUT2D eigenvalue weighted by molar-refractivity contribution is -0.116. The van der Waals surface area contributed by atoms with Gasteiger partial charge in [0.25, 0.3) is 11.8 Å². The molecule has 5 aromatic carbocycles. The van der Waals surface area contributed by atoms with E-state index in [0.29, 0.717) is 38.4 Å². The molecule has 8 nitrogen and oxygen atoms in total. The van der Waals surface area contributed by atoms with Gasteiger partial charge in [-0.2, -0.15) is 0 Å². The van der Waals surface area contributed by atoms with Crippen LogP contribution >= 0.6 is 34.7 Å². The van der Waals surface area contributed by atoms with E-state index in [9.17, 15) is 14.4 Å². The Morgan fingerprint density at radius 1 is 0.804 bits per heavy atom. The van der Waals surface area contributed by atoms with E-state index in [1.54, 1.807) is 79.9 Å². The first-order valence-electron chi connectivity index (χ1n) is 15.7. The van der Waals surface area contributed by atoms with Gasteiger partial charge in [-0.15, -0.1) is 23.1 Å². The molecule has 3 amide bonds. The summed E-state index contributed by atoms with van der Waals surface area (Å²) in [5.74, 6) is -0.481. The van der Waals surface area contributed by atoms with E-state index >= 15 is 0 Å². The van der Waals surface area contributed by atoms with Gasteiger partial charge in [-0.05, 0) is 71.8 Å². The number of nitrogens with zero attached hydrogens (tertiary/aromatic N) is 1. The van der Waals surface area contributed by atoms with Crippen molar-refractivity contribution in [3.63, 3.8) is 0 Å². The van der Waals surface area contributed by atoms with Gasteiger partial charge in [-0.25, -0.2) is 4.98 Å². The molecular weight excluding hydrogens is 700 g/mol. The number of thiazole rings is 1. The molecule has 1 aromatic heterocycles. The summed E-state index contributed by atoms with van der Waals surface area (Å²) >= 11 is 9.06. The zero-order valence-corrected chi connectivity index (χ0v) is 29.6. The highest BCUT2D eigenvalue weighted by Gasteiger charge is 2.24. The van der Waals surface area contributed by atoms with Crippen LogP contribution in [0.1, 0.15) is 26.7 Å². The number of ether oxygens (including phenoxy) is 1. The van der Waals surface area contributed by atoms with Crippen LogP contribution in [-0.2, 0) is 9.59 Å². The number of benzene rings is 5. The van der Waals surface area contributed by atoms with Gasteiger partial charge in [0, 0.05) is 32.1 Å². The highest BCUT2D eigenvalue weighted by molar-refractivity contribution is 8.00. The Kier molecular flexibility index (Phi) is 11.6. The van der Waals surface area contributed by atoms with Gasteiger partial charge in [-0.1, -0.05) is 90.5 Å². The molecule has 254 valence electrons. The van der Waals surface area contributed by atoms with Crippen molar-refractivity contribution in [1.82, 2.24) is 10.3 Å². The highest BCUT2D eigenvalue weighted by atomic mass is 35.5. The van der Waals surface area contributed by atoms with E-state index in [0.717, 1.165) is 16.0 Å². The first-order chi connectivity index (χ1) is 24.9. The van der Waals surface area contributed by atoms with E-state index in [-0.39, 0.29) is 11.6 Å². The van der Waals surface area contributed by atoms with Crippen LogP contribution in [0.2, 0.25) is 5.02 Å². The molecule has 3 N–H and O–H groups in total. The number of amides is 3. The monoisotopic (exact) mass is 730 g/mol. The zero-order chi connectivity index (χ0) is 35.6. The number of halogens is 1. The molecule has 0 saturated heterocycles. The summed E-state index contributed by atoms with van der Waals surface area (Å²) in [6.45, 7) is 0. The van der Waals surface area contributed by atoms with Crippen molar-refractivity contribution in [2.45, 2.75) is 10.1 Å². The van der Waals surface area contributed by atoms with E-state index in [4.69, 9.17) is 16.3 Å². The first kappa shape index (κ1) is 35.2. The third-order valence-corrected chi connectivity index (χ3v) is 9.90. The lowest BCUT2D eigenvalue weighted by Gasteiger charge is -2.17. The number of methoxy groups -OCH3 is 1. The lowest BCUT2D eigenvalue weighted by atomic mass is 10.1. The van der Waals surface area contributed by atoms with Gasteiger partial charge in [0.1, 0.15) is 16.7 Å². The highest BCUT2D eigenvalue weighted by Crippen LogP contribution is 2.38. The number of rotatable bonds is 12. The molecule has 0 radical (unpaired) electrons. The summed E-state index contributed by atoms with van der Waals surface area (Å²) in [6.07, 6.45) is 1.60. The molecule has 1 unspecified atom stereocenters. The molecule has 6 rings (SSSR count). The Balaban J connectivity index is 1.17. The molecule has 11 heteroatoms. The summed E-state index contributed by atoms with van der Waals surface area (Å²) in [6, 6.07) is 39.9. The molecule has 0 saturated carbocycles. The number of anilines is 2. The summed E-state index contributed by atoms with van der Waals surface area (Å²) in [4.78, 5) is 45.7. The van der Waals surface area contributed by atoms with Crippen LogP contribution in [0.4, 0.5) is 10.8 Å². The number of carbonyl (C=O) groups is 3. The van der Waals surface area contributed by atoms with Crippen LogP contribution in [0.3, 0.4) is 0 Å². The summed E-state index contributed by atoms with van der Waals surface area (Å²) in [7, 11) is 1.57. The van der Waals surface area contributed by atoms with E-state index in [1.807, 2.05) is 72.1 Å². The Morgan fingerprint density at radius 3 is 2.16 bits per heavy atom. The number of nitrogens with one attached hydrogen (secondary N) is 3. The minimum atomic E-state index is -0.591. The van der Waals surface area contributed by atoms with Crippen LogP contribution in [0.25, 0.3) is 17.3 Å². The van der Waals surface area contributed by atoms with Crippen LogP contribution in [-0.4, -0.2) is 29.8 Å². The fourth-order valence-electron chi connectivity index (χ4n) is 4.96. The fraction of sp³-hybridized carbons (Fsp3) is 0.0500. The van der Waals surface area contributed by atoms with Gasteiger partial charge in [0.15, 0.2) is 5.13 Å². The molecule has 0 fully saturated rings. The molecule has 0 spiro atoms. The fourth-order valence-corrected chi connectivity index (χ4v) is 6.93. The van der Waals surface area contributed by atoms with Crippen LogP contribution < -0.4 is 20.7 Å². The van der Waals surface area contributed by atoms with Gasteiger partial charge in [0.2, 0.25) is 5.91 Å². The van der Waals surface area contributed by atoms with Crippen LogP contribution in [0, 0.1) is 0 Å². The Morgan fingerprint density at radius 2 is 1.47 bits per heavy atom. The molecule has 51 heavy (non-hydrogen) atoms. The number of hydrogen-bond donors (Lipinski definition) is 3. The van der Waals surface area contributed by atoms with E-state index in [1.165, 1.54) is 23.1 Å². The zero-order valence-electron chi connectivity index (χ0n) is 27.2. The number of thioether (sulfide) groups is 1. The molecule has 0 bridgehead atoms. The quantitative estimate of drug-likeness (QED) is 0.0856. The standard InChI is InChI=1S/C40H31ClN4O4S2/c1-49-30-20-16-26(17-21-30)24-34(43-37(46)28-12-6-3-7-13-28)38(47)42-29-18-22-31(23-19-29)51-36(27-10-4-2-5-11-27)39(48)45-40-44-35(25-50-40)32-14-8-9-15-33(32)41/h2-25,36H,1H3,(H,42,47)(H,43,46)(H,44,45,48)/b34-24-. The third-order valence-electron chi connectivity index (χ3n) is 7.55. The van der Waals surface area contributed by atoms with Crippen LogP contribution in [0.15, 0.2) is 149 Å². The van der Waals surface area contributed by atoms with Gasteiger partial charge < -0.3 is 20.7 Å². The molecule has 1 heterocycles. The molecule has 1 atom stereocenters. The topological polar surface area (TPSA) is 109 Å². The second kappa shape index (κ2) is 16.8. The first-order valence-corrected chi connectivity index (χ1v) is 17.9. The minimum Gasteiger partial charge on any atom is -0.497 e. The summed E-state index contributed by atoms with van der Waals surface area (Å²) in [5.41, 5.74) is 3.98. The van der Waals surface area contributed by atoms with Crippen molar-refractivity contribution in [3.05, 3.63) is 166 Å². The number of carbonyl (C=O) groups excluding carboxylic acids is 3. The van der Waals surface area contributed by atoms with Gasteiger partial charge >= 0.3 is 0 Å². The van der Waals surface area contributed by atoms with E-state index < -0.39 is 17.1 Å². The Hall–Kier alpha value is -5.68. The maximum atomic E-state index is 13.7. The second-order valence-electron chi connectivity index (χ2n) is 11.0. The van der Waals surface area contributed by atoms with Gasteiger partial charge in [-0.3, -0.25) is 14.4 Å². The molecule has 0 aliphatic carbocycles. The maximum Gasteiger partial charge on any atom is 0.272 e. The van der Waals surface area contributed by atoms with Crippen molar-refractivity contribution >= 4 is 69.3 Å². The largest absolute Gasteiger partial charge is 0.497 e. The van der Waals surface area contributed by atoms with Crippen molar-refractivity contribution in [2.75, 3.05) is 17.7 Å². The van der Waals surface area contributed by atoms with E-state index in [2.05, 4.69) is 20.9 Å². The smallest absolute Gasteiger partial charge is 0.272 e. The molecule has 0 aliphatic heterocycles. The lowest BCUT2D eigenvalue weighted by Crippen LogP contribution is -2.30. The second-order valence-corrected chi connectivity index (χ2v) is 13.5. The van der Waals surface area contributed by atoms with Crippen molar-refractivity contribution in [1.29, 1.82) is 0 Å². The summed E-state index contributed by atoms with van der Waals surface area (Å²) in [5, 5.41) is 10.9. The molecular formula is C40H31ClN4O4S2. The maximum absolute atomic E-state index is 13.7. The van der Waals surface area contributed by atoms with Crippen molar-refractivity contribution in [3.8, 4) is 17.0 Å². The SMILES string of the molecule is COc1ccc(/C=C(\NC(=O)c2ccccc2)C(=O)Nc2ccc(SC(C(=O)Nc3nc(-c4ccccc4Cl)cs3)c3ccccc3)cc2)cc1. The van der Waals surface area contributed by atoms with Crippen LogP contribution in [0.5, 0.6) is 5.75 Å². The van der Waals surface area contributed by atoms with Crippen molar-refractivity contribution < 1.29 is 19.1 Å². The number of hydrogen-bond acceptors (Lipinski definition) is 7. The average Bonchev–Trinajstić information content (AvgIpc) is 3.63. The predicted molar refractivity (Wildman–Crippen MR) is 206 cm³/mol. The normalized spacial score (nSPS) is 11.7. The number of aromatic nitrogens is 1. The average molecular weight is 731 g/mol. The summed E-state index contributed by atoms with van der Waals surface area (Å²) < 4.78 is 5.24. The van der Waals surface area contributed by atoms with Crippen molar-refractivity contribution in [2.24, 2.45) is 0 Å². The molecule has 6 aromatic rings.